The zero-order valence-electron chi connectivity index (χ0n) is 9.02. The fraction of sp³-hybridized carbons (Fsp3) is 0.400. The number of hydrogen-bond donors (Lipinski definition) is 2. The second-order valence-electron chi connectivity index (χ2n) is 3.19. The van der Waals surface area contributed by atoms with E-state index < -0.39 is 18.0 Å². The van der Waals surface area contributed by atoms with Crippen molar-refractivity contribution in [2.75, 3.05) is 7.11 Å². The van der Waals surface area contributed by atoms with Crippen LogP contribution in [0.4, 0.5) is 0 Å². The highest BCUT2D eigenvalue weighted by Crippen LogP contribution is 2.10. The van der Waals surface area contributed by atoms with Crippen molar-refractivity contribution < 1.29 is 23.8 Å². The van der Waals surface area contributed by atoms with Gasteiger partial charge in [-0.1, -0.05) is 0 Å². The number of nitrogens with one attached hydrogen (secondary N) is 1. The summed E-state index contributed by atoms with van der Waals surface area (Å²) in [5, 5.41) is 11.6. The van der Waals surface area contributed by atoms with Crippen molar-refractivity contribution in [1.29, 1.82) is 0 Å². The van der Waals surface area contributed by atoms with Gasteiger partial charge in [0.2, 0.25) is 0 Å². The van der Waals surface area contributed by atoms with Crippen LogP contribution in [0.2, 0.25) is 0 Å². The molecule has 88 valence electrons. The molecule has 1 aromatic rings. The Morgan fingerprint density at radius 1 is 1.62 bits per heavy atom. The molecule has 2 N–H and O–H groups in total. The summed E-state index contributed by atoms with van der Waals surface area (Å²) in [6, 6.07) is 0.846. The van der Waals surface area contributed by atoms with E-state index >= 15 is 0 Å². The molecule has 1 aromatic heterocycles. The van der Waals surface area contributed by atoms with Gasteiger partial charge in [0.05, 0.1) is 19.9 Å². The number of carboxylic acid groups (broad SMARTS) is 1. The first-order chi connectivity index (χ1) is 7.56. The van der Waals surface area contributed by atoms with Crippen LogP contribution >= 0.6 is 0 Å². The average molecular weight is 227 g/mol. The van der Waals surface area contributed by atoms with Crippen LogP contribution in [0.25, 0.3) is 0 Å². The van der Waals surface area contributed by atoms with Crippen molar-refractivity contribution in [3.63, 3.8) is 0 Å². The van der Waals surface area contributed by atoms with E-state index in [4.69, 9.17) is 9.52 Å². The van der Waals surface area contributed by atoms with Crippen LogP contribution in [0, 0.1) is 0 Å². The van der Waals surface area contributed by atoms with E-state index in [1.54, 1.807) is 6.92 Å². The van der Waals surface area contributed by atoms with E-state index in [0.717, 1.165) is 0 Å². The second-order valence-corrected chi connectivity index (χ2v) is 3.19. The van der Waals surface area contributed by atoms with Crippen LogP contribution < -0.4 is 5.32 Å². The summed E-state index contributed by atoms with van der Waals surface area (Å²) in [5.41, 5.74) is 0.0876. The maximum Gasteiger partial charge on any atom is 0.339 e. The highest BCUT2D eigenvalue weighted by molar-refractivity contribution is 5.88. The van der Waals surface area contributed by atoms with Crippen molar-refractivity contribution in [2.24, 2.45) is 0 Å². The second kappa shape index (κ2) is 5.32. The maximum atomic E-state index is 11.1. The number of methoxy groups -OCH3 is 1. The lowest BCUT2D eigenvalue weighted by Crippen LogP contribution is -2.34. The van der Waals surface area contributed by atoms with E-state index in [1.807, 2.05) is 0 Å². The molecule has 0 aliphatic carbocycles. The minimum Gasteiger partial charge on any atom is -0.478 e. The SMILES string of the molecule is COC(=O)C(C)NCc1occc1C(=O)O. The molecule has 0 amide bonds. The number of carboxylic acids is 1. The Labute approximate surface area is 92.2 Å². The zero-order valence-corrected chi connectivity index (χ0v) is 9.02. The molecule has 0 aliphatic rings. The first-order valence-corrected chi connectivity index (χ1v) is 4.67. The third-order valence-corrected chi connectivity index (χ3v) is 2.10. The van der Waals surface area contributed by atoms with Gasteiger partial charge in [-0.2, -0.15) is 0 Å². The molecule has 1 atom stereocenters. The smallest absolute Gasteiger partial charge is 0.339 e. The summed E-state index contributed by atoms with van der Waals surface area (Å²) in [5.74, 6) is -1.19. The molecule has 0 bridgehead atoms. The number of furan rings is 1. The molecule has 0 aliphatic heterocycles. The fourth-order valence-corrected chi connectivity index (χ4v) is 1.17. The van der Waals surface area contributed by atoms with Gasteiger partial charge in [-0.05, 0) is 13.0 Å². The summed E-state index contributed by atoms with van der Waals surface area (Å²) < 4.78 is 9.51. The van der Waals surface area contributed by atoms with Gasteiger partial charge in [0.1, 0.15) is 17.4 Å². The van der Waals surface area contributed by atoms with Crippen LogP contribution in [0.15, 0.2) is 16.7 Å². The lowest BCUT2D eigenvalue weighted by atomic mass is 10.2. The number of rotatable bonds is 5. The summed E-state index contributed by atoms with van der Waals surface area (Å²) in [6.07, 6.45) is 1.29. The van der Waals surface area contributed by atoms with E-state index in [1.165, 1.54) is 19.4 Å². The molecule has 6 heteroatoms. The number of carbonyl (C=O) groups is 2. The monoisotopic (exact) mass is 227 g/mol. The summed E-state index contributed by atoms with van der Waals surface area (Å²) in [6.45, 7) is 1.78. The number of aromatic carboxylic acids is 1. The topological polar surface area (TPSA) is 88.8 Å². The number of carbonyl (C=O) groups excluding carboxylic acids is 1. The molecular weight excluding hydrogens is 214 g/mol. The Hall–Kier alpha value is -1.82. The number of ether oxygens (including phenoxy) is 1. The van der Waals surface area contributed by atoms with Gasteiger partial charge in [0.15, 0.2) is 0 Å². The normalized spacial score (nSPS) is 12.1. The van der Waals surface area contributed by atoms with Crippen LogP contribution in [0.1, 0.15) is 23.0 Å². The molecule has 16 heavy (non-hydrogen) atoms. The molecule has 0 saturated carbocycles. The molecule has 1 rings (SSSR count). The first kappa shape index (κ1) is 12.3. The van der Waals surface area contributed by atoms with Crippen molar-refractivity contribution in [3.05, 3.63) is 23.7 Å². The lowest BCUT2D eigenvalue weighted by molar-refractivity contribution is -0.142. The largest absolute Gasteiger partial charge is 0.478 e. The first-order valence-electron chi connectivity index (χ1n) is 4.67. The zero-order chi connectivity index (χ0) is 12.1. The van der Waals surface area contributed by atoms with Crippen LogP contribution in [0.5, 0.6) is 0 Å². The van der Waals surface area contributed by atoms with Crippen molar-refractivity contribution >= 4 is 11.9 Å². The van der Waals surface area contributed by atoms with E-state index in [-0.39, 0.29) is 17.9 Å². The quantitative estimate of drug-likeness (QED) is 0.717. The van der Waals surface area contributed by atoms with Crippen molar-refractivity contribution in [3.8, 4) is 0 Å². The van der Waals surface area contributed by atoms with E-state index in [2.05, 4.69) is 10.1 Å². The van der Waals surface area contributed by atoms with Crippen LogP contribution in [-0.2, 0) is 16.1 Å². The van der Waals surface area contributed by atoms with Gasteiger partial charge in [0.25, 0.3) is 0 Å². The Kier molecular flexibility index (Phi) is 4.07. The summed E-state index contributed by atoms with van der Waals surface area (Å²) in [4.78, 5) is 21.8. The molecule has 0 spiro atoms. The molecule has 0 aromatic carbocycles. The summed E-state index contributed by atoms with van der Waals surface area (Å²) in [7, 11) is 1.29. The molecular formula is C10H13NO5. The molecule has 1 unspecified atom stereocenters. The highest BCUT2D eigenvalue weighted by Gasteiger charge is 2.16. The Morgan fingerprint density at radius 2 is 2.31 bits per heavy atom. The van der Waals surface area contributed by atoms with E-state index in [9.17, 15) is 9.59 Å². The average Bonchev–Trinajstić information content (AvgIpc) is 2.72. The molecule has 0 fully saturated rings. The van der Waals surface area contributed by atoms with Crippen LogP contribution in [-0.4, -0.2) is 30.2 Å². The van der Waals surface area contributed by atoms with Gasteiger partial charge < -0.3 is 14.3 Å². The van der Waals surface area contributed by atoms with Gasteiger partial charge in [-0.15, -0.1) is 0 Å². The number of esters is 1. The third-order valence-electron chi connectivity index (χ3n) is 2.10. The van der Waals surface area contributed by atoms with E-state index in [0.29, 0.717) is 0 Å². The van der Waals surface area contributed by atoms with Crippen molar-refractivity contribution in [1.82, 2.24) is 5.32 Å². The molecule has 1 heterocycles. The minimum absolute atomic E-state index is 0.0876. The molecule has 0 saturated heterocycles. The standard InChI is InChI=1S/C10H13NO5/c1-6(10(14)15-2)11-5-8-7(9(12)13)3-4-16-8/h3-4,6,11H,5H2,1-2H3,(H,12,13). The Balaban J connectivity index is 2.58. The van der Waals surface area contributed by atoms with Gasteiger partial charge in [0, 0.05) is 0 Å². The number of hydrogen-bond acceptors (Lipinski definition) is 5. The predicted molar refractivity (Wildman–Crippen MR) is 54.0 cm³/mol. The molecule has 6 nitrogen and oxygen atoms in total. The summed E-state index contributed by atoms with van der Waals surface area (Å²) >= 11 is 0. The van der Waals surface area contributed by atoms with Crippen molar-refractivity contribution in [2.45, 2.75) is 19.5 Å². The third kappa shape index (κ3) is 2.83. The van der Waals surface area contributed by atoms with Gasteiger partial charge in [-0.3, -0.25) is 10.1 Å². The molecule has 0 radical (unpaired) electrons. The Morgan fingerprint density at radius 3 is 2.88 bits per heavy atom. The van der Waals surface area contributed by atoms with Crippen LogP contribution in [0.3, 0.4) is 0 Å². The fourth-order valence-electron chi connectivity index (χ4n) is 1.17. The van der Waals surface area contributed by atoms with Gasteiger partial charge in [-0.25, -0.2) is 4.79 Å². The highest BCUT2D eigenvalue weighted by atomic mass is 16.5. The maximum absolute atomic E-state index is 11.1. The minimum atomic E-state index is -1.06. The lowest BCUT2D eigenvalue weighted by Gasteiger charge is -2.10. The Bertz CT molecular complexity index is 384. The predicted octanol–water partition coefficient (Wildman–Crippen LogP) is 0.629. The van der Waals surface area contributed by atoms with Gasteiger partial charge >= 0.3 is 11.9 Å².